The van der Waals surface area contributed by atoms with Crippen LogP contribution in [0.4, 0.5) is 5.69 Å². The fourth-order valence-corrected chi connectivity index (χ4v) is 5.30. The third-order valence-corrected chi connectivity index (χ3v) is 6.98. The Hall–Kier alpha value is -1.64. The van der Waals surface area contributed by atoms with Gasteiger partial charge in [-0.1, -0.05) is 6.07 Å². The summed E-state index contributed by atoms with van der Waals surface area (Å²) in [5, 5.41) is 0. The van der Waals surface area contributed by atoms with Gasteiger partial charge in [0, 0.05) is 38.0 Å². The Balaban J connectivity index is 1.49. The molecule has 3 aliphatic heterocycles. The maximum absolute atomic E-state index is 12.8. The van der Waals surface area contributed by atoms with E-state index in [0.29, 0.717) is 63.4 Å². The summed E-state index contributed by atoms with van der Waals surface area (Å²) in [6, 6.07) is 6.90. The first-order chi connectivity index (χ1) is 12.0. The van der Waals surface area contributed by atoms with Gasteiger partial charge in [0.05, 0.1) is 24.7 Å². The number of amides is 1. The normalized spacial score (nSPS) is 24.8. The summed E-state index contributed by atoms with van der Waals surface area (Å²) in [7, 11) is -3.25. The van der Waals surface area contributed by atoms with E-state index < -0.39 is 15.8 Å². The second-order valence-corrected chi connectivity index (χ2v) is 8.70. The Bertz CT molecular complexity index is 763. The van der Waals surface area contributed by atoms with Crippen LogP contribution in [0.3, 0.4) is 0 Å². The number of rotatable bonds is 2. The molecule has 0 atom stereocenters. The van der Waals surface area contributed by atoms with E-state index >= 15 is 0 Å². The van der Waals surface area contributed by atoms with Crippen molar-refractivity contribution in [3.05, 3.63) is 29.8 Å². The molecule has 0 aromatic heterocycles. The average molecular weight is 366 g/mol. The standard InChI is InChI=1S/C17H22N2O5S/c20-16(18-8-5-17(6-9-18)23-10-11-24-17)14-3-1-4-15(13-14)19-7-2-12-25(19,21)22/h1,3-4,13H,2,5-12H2. The number of hydrogen-bond acceptors (Lipinski definition) is 5. The summed E-state index contributed by atoms with van der Waals surface area (Å²) < 4.78 is 37.0. The molecular formula is C17H22N2O5S. The number of hydrogen-bond donors (Lipinski definition) is 0. The Kier molecular flexibility index (Phi) is 4.21. The van der Waals surface area contributed by atoms with Gasteiger partial charge in [0.15, 0.2) is 5.79 Å². The Labute approximate surface area is 147 Å². The molecule has 0 saturated carbocycles. The molecule has 3 heterocycles. The van der Waals surface area contributed by atoms with E-state index in [9.17, 15) is 13.2 Å². The van der Waals surface area contributed by atoms with Crippen LogP contribution in [-0.4, -0.2) is 63.6 Å². The monoisotopic (exact) mass is 366 g/mol. The molecule has 1 aromatic rings. The number of nitrogens with zero attached hydrogens (tertiary/aromatic N) is 2. The highest BCUT2D eigenvalue weighted by Gasteiger charge is 2.41. The molecule has 0 radical (unpaired) electrons. The average Bonchev–Trinajstić information content (AvgIpc) is 3.21. The van der Waals surface area contributed by atoms with Gasteiger partial charge >= 0.3 is 0 Å². The van der Waals surface area contributed by atoms with E-state index in [0.717, 1.165) is 0 Å². The van der Waals surface area contributed by atoms with Crippen molar-refractivity contribution in [3.8, 4) is 0 Å². The molecule has 3 fully saturated rings. The molecule has 1 spiro atoms. The minimum absolute atomic E-state index is 0.0775. The topological polar surface area (TPSA) is 76.2 Å². The third-order valence-electron chi connectivity index (χ3n) is 5.11. The van der Waals surface area contributed by atoms with Gasteiger partial charge in [0.2, 0.25) is 10.0 Å². The minimum Gasteiger partial charge on any atom is -0.347 e. The van der Waals surface area contributed by atoms with Crippen molar-refractivity contribution in [2.24, 2.45) is 0 Å². The molecule has 1 aromatic carbocycles. The van der Waals surface area contributed by atoms with Crippen molar-refractivity contribution < 1.29 is 22.7 Å². The molecule has 7 nitrogen and oxygen atoms in total. The zero-order valence-corrected chi connectivity index (χ0v) is 14.8. The van der Waals surface area contributed by atoms with Gasteiger partial charge in [0.25, 0.3) is 5.91 Å². The largest absolute Gasteiger partial charge is 0.347 e. The zero-order valence-electron chi connectivity index (χ0n) is 14.0. The lowest BCUT2D eigenvalue weighted by atomic mass is 10.0. The van der Waals surface area contributed by atoms with Gasteiger partial charge in [-0.3, -0.25) is 9.10 Å². The number of anilines is 1. The number of carbonyl (C=O) groups excluding carboxylic acids is 1. The number of benzene rings is 1. The van der Waals surface area contributed by atoms with Crippen molar-refractivity contribution in [1.82, 2.24) is 4.90 Å². The van der Waals surface area contributed by atoms with Gasteiger partial charge < -0.3 is 14.4 Å². The molecule has 1 amide bonds. The van der Waals surface area contributed by atoms with Gasteiger partial charge in [-0.05, 0) is 24.6 Å². The summed E-state index contributed by atoms with van der Waals surface area (Å²) in [6.07, 6.45) is 1.95. The van der Waals surface area contributed by atoms with Crippen LogP contribution in [0.25, 0.3) is 0 Å². The summed E-state index contributed by atoms with van der Waals surface area (Å²) >= 11 is 0. The van der Waals surface area contributed by atoms with E-state index in [1.165, 1.54) is 4.31 Å². The molecule has 8 heteroatoms. The Morgan fingerprint density at radius 2 is 1.80 bits per heavy atom. The predicted molar refractivity (Wildman–Crippen MR) is 92.0 cm³/mol. The molecule has 4 rings (SSSR count). The van der Waals surface area contributed by atoms with Gasteiger partial charge in [-0.15, -0.1) is 0 Å². The Morgan fingerprint density at radius 3 is 2.44 bits per heavy atom. The highest BCUT2D eigenvalue weighted by Crippen LogP contribution is 2.32. The highest BCUT2D eigenvalue weighted by atomic mass is 32.2. The first-order valence-electron chi connectivity index (χ1n) is 8.67. The molecule has 25 heavy (non-hydrogen) atoms. The number of piperidine rings is 1. The van der Waals surface area contributed by atoms with E-state index in [-0.39, 0.29) is 11.7 Å². The maximum Gasteiger partial charge on any atom is 0.253 e. The lowest BCUT2D eigenvalue weighted by Crippen LogP contribution is -2.47. The maximum atomic E-state index is 12.8. The molecule has 0 aliphatic carbocycles. The van der Waals surface area contributed by atoms with Crippen LogP contribution in [0.1, 0.15) is 29.6 Å². The summed E-state index contributed by atoms with van der Waals surface area (Å²) in [6.45, 7) is 2.84. The van der Waals surface area contributed by atoms with E-state index in [4.69, 9.17) is 9.47 Å². The number of sulfonamides is 1. The van der Waals surface area contributed by atoms with Crippen LogP contribution in [-0.2, 0) is 19.5 Å². The summed E-state index contributed by atoms with van der Waals surface area (Å²) in [5.41, 5.74) is 1.09. The molecule has 136 valence electrons. The number of likely N-dealkylation sites (tertiary alicyclic amines) is 1. The summed E-state index contributed by atoms with van der Waals surface area (Å²) in [4.78, 5) is 14.6. The van der Waals surface area contributed by atoms with Crippen LogP contribution in [0.2, 0.25) is 0 Å². The molecule has 0 unspecified atom stereocenters. The minimum atomic E-state index is -3.25. The molecule has 3 saturated heterocycles. The quantitative estimate of drug-likeness (QED) is 0.786. The lowest BCUT2D eigenvalue weighted by Gasteiger charge is -2.37. The Morgan fingerprint density at radius 1 is 1.08 bits per heavy atom. The SMILES string of the molecule is O=C(c1cccc(N2CCCS2(=O)=O)c1)N1CCC2(CC1)OCCO2. The van der Waals surface area contributed by atoms with E-state index in [2.05, 4.69) is 0 Å². The fraction of sp³-hybridized carbons (Fsp3) is 0.588. The molecular weight excluding hydrogens is 344 g/mol. The third kappa shape index (κ3) is 3.14. The van der Waals surface area contributed by atoms with Gasteiger partial charge in [0.1, 0.15) is 0 Å². The van der Waals surface area contributed by atoms with Gasteiger partial charge in [-0.25, -0.2) is 8.42 Å². The van der Waals surface area contributed by atoms with Gasteiger partial charge in [-0.2, -0.15) is 0 Å². The molecule has 0 bridgehead atoms. The second kappa shape index (κ2) is 6.26. The zero-order chi connectivity index (χ0) is 17.5. The highest BCUT2D eigenvalue weighted by molar-refractivity contribution is 7.93. The van der Waals surface area contributed by atoms with Crippen LogP contribution in [0.5, 0.6) is 0 Å². The van der Waals surface area contributed by atoms with Crippen LogP contribution >= 0.6 is 0 Å². The molecule has 0 N–H and O–H groups in total. The van der Waals surface area contributed by atoms with Crippen LogP contribution < -0.4 is 4.31 Å². The van der Waals surface area contributed by atoms with E-state index in [1.54, 1.807) is 29.2 Å². The first-order valence-corrected chi connectivity index (χ1v) is 10.3. The number of carbonyl (C=O) groups is 1. The predicted octanol–water partition coefficient (Wildman–Crippen LogP) is 1.21. The number of ether oxygens (including phenoxy) is 2. The van der Waals surface area contributed by atoms with Crippen molar-refractivity contribution >= 4 is 21.6 Å². The first kappa shape index (κ1) is 16.8. The lowest BCUT2D eigenvalue weighted by molar-refractivity contribution is -0.181. The van der Waals surface area contributed by atoms with Crippen molar-refractivity contribution in [1.29, 1.82) is 0 Å². The van der Waals surface area contributed by atoms with E-state index in [1.807, 2.05) is 0 Å². The second-order valence-electron chi connectivity index (χ2n) is 6.69. The van der Waals surface area contributed by atoms with Crippen LogP contribution in [0.15, 0.2) is 24.3 Å². The molecule has 3 aliphatic rings. The van der Waals surface area contributed by atoms with Crippen molar-refractivity contribution in [2.45, 2.75) is 25.0 Å². The van der Waals surface area contributed by atoms with Crippen molar-refractivity contribution in [3.63, 3.8) is 0 Å². The summed E-state index contributed by atoms with van der Waals surface area (Å²) in [5.74, 6) is -0.423. The smallest absolute Gasteiger partial charge is 0.253 e. The fourth-order valence-electron chi connectivity index (χ4n) is 3.74. The van der Waals surface area contributed by atoms with Crippen molar-refractivity contribution in [2.75, 3.05) is 42.9 Å². The van der Waals surface area contributed by atoms with Crippen LogP contribution in [0, 0.1) is 0 Å².